The molecule has 0 aliphatic heterocycles. The van der Waals surface area contributed by atoms with E-state index in [1.54, 1.807) is 13.8 Å². The van der Waals surface area contributed by atoms with Crippen LogP contribution in [0.15, 0.2) is 0 Å². The number of likely N-dealkylation sites (N-methyl/N-ethyl adjacent to an activating group) is 1. The second-order valence-electron chi connectivity index (χ2n) is 4.25. The van der Waals surface area contributed by atoms with E-state index in [-0.39, 0.29) is 18.5 Å². The van der Waals surface area contributed by atoms with Gasteiger partial charge in [-0.3, -0.25) is 14.5 Å². The Hall–Kier alpha value is -1.10. The van der Waals surface area contributed by atoms with Crippen molar-refractivity contribution in [1.82, 2.24) is 4.90 Å². The van der Waals surface area contributed by atoms with Crippen LogP contribution in [0.5, 0.6) is 0 Å². The standard InChI is InChI=1S/C11H21NO4/c1-6-12(7-9(13)15-4)8-11(2,3)10(14)16-5/h6-8H2,1-5H3. The maximum atomic E-state index is 11.5. The van der Waals surface area contributed by atoms with E-state index in [0.717, 1.165) is 0 Å². The first-order valence-electron chi connectivity index (χ1n) is 5.25. The van der Waals surface area contributed by atoms with E-state index in [9.17, 15) is 9.59 Å². The molecule has 94 valence electrons. The highest BCUT2D eigenvalue weighted by Crippen LogP contribution is 2.18. The molecule has 0 aliphatic carbocycles. The molecule has 0 saturated heterocycles. The molecule has 0 spiro atoms. The average Bonchev–Trinajstić information content (AvgIpc) is 2.26. The molecule has 0 N–H and O–H groups in total. The van der Waals surface area contributed by atoms with E-state index in [1.165, 1.54) is 14.2 Å². The molecule has 5 nitrogen and oxygen atoms in total. The molecule has 0 heterocycles. The molecule has 0 saturated carbocycles. The maximum Gasteiger partial charge on any atom is 0.319 e. The molecule has 0 aliphatic rings. The number of carbonyl (C=O) groups excluding carboxylic acids is 2. The summed E-state index contributed by atoms with van der Waals surface area (Å²) >= 11 is 0. The molecule has 0 aromatic heterocycles. The number of hydrogen-bond donors (Lipinski definition) is 0. The van der Waals surface area contributed by atoms with Gasteiger partial charge in [0, 0.05) is 6.54 Å². The smallest absolute Gasteiger partial charge is 0.319 e. The fourth-order valence-electron chi connectivity index (χ4n) is 1.43. The molecule has 0 aromatic carbocycles. The quantitative estimate of drug-likeness (QED) is 0.629. The van der Waals surface area contributed by atoms with E-state index < -0.39 is 5.41 Å². The summed E-state index contributed by atoms with van der Waals surface area (Å²) in [5.41, 5.74) is -0.626. The van der Waals surface area contributed by atoms with Crippen molar-refractivity contribution in [2.75, 3.05) is 33.9 Å². The Morgan fingerprint density at radius 1 is 1.19 bits per heavy atom. The van der Waals surface area contributed by atoms with Crippen molar-refractivity contribution in [3.05, 3.63) is 0 Å². The summed E-state index contributed by atoms with van der Waals surface area (Å²) in [4.78, 5) is 24.5. The second-order valence-corrected chi connectivity index (χ2v) is 4.25. The van der Waals surface area contributed by atoms with E-state index >= 15 is 0 Å². The third kappa shape index (κ3) is 4.61. The maximum absolute atomic E-state index is 11.5. The minimum Gasteiger partial charge on any atom is -0.469 e. The van der Waals surface area contributed by atoms with Gasteiger partial charge in [0.2, 0.25) is 0 Å². The van der Waals surface area contributed by atoms with Crippen molar-refractivity contribution in [1.29, 1.82) is 0 Å². The predicted molar refractivity (Wildman–Crippen MR) is 59.9 cm³/mol. The van der Waals surface area contributed by atoms with Crippen LogP contribution < -0.4 is 0 Å². The zero-order valence-corrected chi connectivity index (χ0v) is 10.7. The summed E-state index contributed by atoms with van der Waals surface area (Å²) in [5, 5.41) is 0. The molecule has 0 atom stereocenters. The summed E-state index contributed by atoms with van der Waals surface area (Å²) in [5.74, 6) is -0.585. The zero-order valence-electron chi connectivity index (χ0n) is 10.7. The van der Waals surface area contributed by atoms with Crippen molar-refractivity contribution < 1.29 is 19.1 Å². The Morgan fingerprint density at radius 2 is 1.75 bits per heavy atom. The average molecular weight is 231 g/mol. The third-order valence-corrected chi connectivity index (χ3v) is 2.38. The van der Waals surface area contributed by atoms with Gasteiger partial charge in [0.05, 0.1) is 26.2 Å². The van der Waals surface area contributed by atoms with Crippen LogP contribution in [-0.2, 0) is 19.1 Å². The van der Waals surface area contributed by atoms with Gasteiger partial charge in [0.1, 0.15) is 0 Å². The van der Waals surface area contributed by atoms with Crippen LogP contribution in [0.25, 0.3) is 0 Å². The molecule has 0 rings (SSSR count). The van der Waals surface area contributed by atoms with Gasteiger partial charge in [0.15, 0.2) is 0 Å². The lowest BCUT2D eigenvalue weighted by molar-refractivity contribution is -0.153. The van der Waals surface area contributed by atoms with Crippen LogP contribution in [0, 0.1) is 5.41 Å². The number of hydrogen-bond acceptors (Lipinski definition) is 5. The fraction of sp³-hybridized carbons (Fsp3) is 0.818. The lowest BCUT2D eigenvalue weighted by atomic mass is 9.93. The number of ether oxygens (including phenoxy) is 2. The molecule has 0 aromatic rings. The van der Waals surface area contributed by atoms with Crippen molar-refractivity contribution in [3.8, 4) is 0 Å². The predicted octanol–water partition coefficient (Wildman–Crippen LogP) is 0.680. The minimum absolute atomic E-state index is 0.188. The van der Waals surface area contributed by atoms with Gasteiger partial charge in [0.25, 0.3) is 0 Å². The normalized spacial score (nSPS) is 11.4. The van der Waals surface area contributed by atoms with Gasteiger partial charge in [-0.1, -0.05) is 6.92 Å². The van der Waals surface area contributed by atoms with E-state index in [2.05, 4.69) is 4.74 Å². The number of nitrogens with zero attached hydrogens (tertiary/aromatic N) is 1. The number of carbonyl (C=O) groups is 2. The molecule has 0 fully saturated rings. The second kappa shape index (κ2) is 6.48. The summed E-state index contributed by atoms with van der Waals surface area (Å²) in [6.07, 6.45) is 0. The number of esters is 2. The Balaban J connectivity index is 4.41. The molecule has 0 radical (unpaired) electrons. The van der Waals surface area contributed by atoms with Crippen molar-refractivity contribution in [2.24, 2.45) is 5.41 Å². The Bertz CT molecular complexity index is 250. The SMILES string of the molecule is CCN(CC(=O)OC)CC(C)(C)C(=O)OC. The largest absolute Gasteiger partial charge is 0.469 e. The zero-order chi connectivity index (χ0) is 12.8. The molecule has 0 bridgehead atoms. The lowest BCUT2D eigenvalue weighted by Gasteiger charge is -2.28. The summed E-state index contributed by atoms with van der Waals surface area (Å²) < 4.78 is 9.30. The highest BCUT2D eigenvalue weighted by molar-refractivity contribution is 5.76. The summed E-state index contributed by atoms with van der Waals surface area (Å²) in [6, 6.07) is 0. The van der Waals surface area contributed by atoms with Crippen LogP contribution in [0.4, 0.5) is 0 Å². The van der Waals surface area contributed by atoms with E-state index in [0.29, 0.717) is 13.1 Å². The van der Waals surface area contributed by atoms with Gasteiger partial charge in [-0.2, -0.15) is 0 Å². The molecule has 0 amide bonds. The van der Waals surface area contributed by atoms with Crippen LogP contribution in [-0.4, -0.2) is 50.7 Å². The molecule has 5 heteroatoms. The molecule has 0 unspecified atom stereocenters. The molecular formula is C11H21NO4. The number of methoxy groups -OCH3 is 2. The monoisotopic (exact) mass is 231 g/mol. The third-order valence-electron chi connectivity index (χ3n) is 2.38. The van der Waals surface area contributed by atoms with Crippen LogP contribution in [0.3, 0.4) is 0 Å². The van der Waals surface area contributed by atoms with Crippen LogP contribution in [0.2, 0.25) is 0 Å². The number of rotatable bonds is 6. The van der Waals surface area contributed by atoms with Gasteiger partial charge < -0.3 is 9.47 Å². The first-order valence-corrected chi connectivity index (χ1v) is 5.25. The van der Waals surface area contributed by atoms with E-state index in [1.807, 2.05) is 11.8 Å². The Labute approximate surface area is 96.7 Å². The lowest BCUT2D eigenvalue weighted by Crippen LogP contribution is -2.42. The molecule has 16 heavy (non-hydrogen) atoms. The highest BCUT2D eigenvalue weighted by Gasteiger charge is 2.31. The van der Waals surface area contributed by atoms with Gasteiger partial charge in [-0.15, -0.1) is 0 Å². The van der Waals surface area contributed by atoms with Crippen LogP contribution in [0.1, 0.15) is 20.8 Å². The topological polar surface area (TPSA) is 55.8 Å². The Kier molecular flexibility index (Phi) is 6.03. The van der Waals surface area contributed by atoms with E-state index in [4.69, 9.17) is 4.74 Å². The first-order chi connectivity index (χ1) is 7.37. The summed E-state index contributed by atoms with van der Waals surface area (Å²) in [6.45, 7) is 6.84. The van der Waals surface area contributed by atoms with Crippen molar-refractivity contribution >= 4 is 11.9 Å². The molecular weight excluding hydrogens is 210 g/mol. The van der Waals surface area contributed by atoms with Gasteiger partial charge in [-0.05, 0) is 20.4 Å². The Morgan fingerprint density at radius 3 is 2.12 bits per heavy atom. The van der Waals surface area contributed by atoms with Gasteiger partial charge >= 0.3 is 11.9 Å². The fourth-order valence-corrected chi connectivity index (χ4v) is 1.43. The van der Waals surface area contributed by atoms with Crippen molar-refractivity contribution in [3.63, 3.8) is 0 Å². The first kappa shape index (κ1) is 14.9. The minimum atomic E-state index is -0.626. The van der Waals surface area contributed by atoms with Gasteiger partial charge in [-0.25, -0.2) is 0 Å². The van der Waals surface area contributed by atoms with Crippen LogP contribution >= 0.6 is 0 Å². The van der Waals surface area contributed by atoms with Crippen molar-refractivity contribution in [2.45, 2.75) is 20.8 Å². The summed E-state index contributed by atoms with van der Waals surface area (Å²) in [7, 11) is 2.71. The highest BCUT2D eigenvalue weighted by atomic mass is 16.5.